The monoisotopic (exact) mass is 216 g/mol. The number of ether oxygens (including phenoxy) is 1. The smallest absolute Gasteiger partial charge is 0.119 e. The molecule has 0 saturated heterocycles. The van der Waals surface area contributed by atoms with E-state index < -0.39 is 0 Å². The molecule has 0 saturated carbocycles. The highest BCUT2D eigenvalue weighted by molar-refractivity contribution is 5.84. The number of rotatable bonds is 3. The summed E-state index contributed by atoms with van der Waals surface area (Å²) in [4.78, 5) is 0. The van der Waals surface area contributed by atoms with Gasteiger partial charge in [-0.05, 0) is 28.5 Å². The Hall–Kier alpha value is -1.54. The Bertz CT molecular complexity index is 491. The molecule has 2 aromatic carbocycles. The largest absolute Gasteiger partial charge is 0.497 e. The Labute approximate surface area is 95.5 Å². The van der Waals surface area contributed by atoms with Gasteiger partial charge in [0.05, 0.1) is 7.11 Å². The fraction of sp³-hybridized carbons (Fsp3) is 0.286. The van der Waals surface area contributed by atoms with Crippen molar-refractivity contribution in [2.75, 3.05) is 13.7 Å². The maximum Gasteiger partial charge on any atom is 0.119 e. The fourth-order valence-corrected chi connectivity index (χ4v) is 1.78. The first kappa shape index (κ1) is 11.0. The van der Waals surface area contributed by atoms with Crippen molar-refractivity contribution in [3.05, 3.63) is 42.0 Å². The number of hydrogen-bond donors (Lipinski definition) is 1. The standard InChI is InChI=1S/C14H16O2/c1-10(9-15)12-4-3-11-5-6-14(16-2)8-13(11)7-12/h3-8,10,15H,9H2,1-2H3. The van der Waals surface area contributed by atoms with Crippen molar-refractivity contribution in [1.29, 1.82) is 0 Å². The quantitative estimate of drug-likeness (QED) is 0.854. The van der Waals surface area contributed by atoms with Gasteiger partial charge in [0.25, 0.3) is 0 Å². The highest BCUT2D eigenvalue weighted by Gasteiger charge is 2.05. The zero-order valence-corrected chi connectivity index (χ0v) is 9.60. The Morgan fingerprint density at radius 1 is 1.12 bits per heavy atom. The fourth-order valence-electron chi connectivity index (χ4n) is 1.78. The molecule has 0 radical (unpaired) electrons. The lowest BCUT2D eigenvalue weighted by Gasteiger charge is -2.10. The summed E-state index contributed by atoms with van der Waals surface area (Å²) in [5.74, 6) is 1.04. The summed E-state index contributed by atoms with van der Waals surface area (Å²) in [6.07, 6.45) is 0. The molecule has 0 amide bonds. The van der Waals surface area contributed by atoms with Gasteiger partial charge in [0.1, 0.15) is 5.75 Å². The zero-order chi connectivity index (χ0) is 11.5. The van der Waals surface area contributed by atoms with Crippen molar-refractivity contribution in [2.24, 2.45) is 0 Å². The maximum atomic E-state index is 9.14. The summed E-state index contributed by atoms with van der Waals surface area (Å²) < 4.78 is 5.20. The molecular formula is C14H16O2. The van der Waals surface area contributed by atoms with E-state index in [-0.39, 0.29) is 12.5 Å². The summed E-state index contributed by atoms with van der Waals surface area (Å²) in [6, 6.07) is 12.3. The Morgan fingerprint density at radius 2 is 1.88 bits per heavy atom. The van der Waals surface area contributed by atoms with Crippen molar-refractivity contribution in [3.63, 3.8) is 0 Å². The molecule has 16 heavy (non-hydrogen) atoms. The molecule has 1 N–H and O–H groups in total. The minimum Gasteiger partial charge on any atom is -0.497 e. The molecule has 1 unspecified atom stereocenters. The lowest BCUT2D eigenvalue weighted by atomic mass is 9.98. The molecule has 2 aromatic rings. The number of aliphatic hydroxyl groups is 1. The predicted octanol–water partition coefficient (Wildman–Crippen LogP) is 2.94. The summed E-state index contributed by atoms with van der Waals surface area (Å²) in [6.45, 7) is 2.19. The van der Waals surface area contributed by atoms with Gasteiger partial charge in [0.15, 0.2) is 0 Å². The molecule has 0 aromatic heterocycles. The predicted molar refractivity (Wildman–Crippen MR) is 66.0 cm³/mol. The van der Waals surface area contributed by atoms with Crippen LogP contribution in [0.2, 0.25) is 0 Å². The van der Waals surface area contributed by atoms with Crippen molar-refractivity contribution in [2.45, 2.75) is 12.8 Å². The van der Waals surface area contributed by atoms with Crippen LogP contribution in [0.15, 0.2) is 36.4 Å². The maximum absolute atomic E-state index is 9.14. The van der Waals surface area contributed by atoms with Gasteiger partial charge >= 0.3 is 0 Å². The van der Waals surface area contributed by atoms with Crippen LogP contribution in [-0.2, 0) is 0 Å². The van der Waals surface area contributed by atoms with E-state index >= 15 is 0 Å². The van der Waals surface area contributed by atoms with Crippen LogP contribution < -0.4 is 4.74 Å². The van der Waals surface area contributed by atoms with Crippen LogP contribution in [-0.4, -0.2) is 18.8 Å². The topological polar surface area (TPSA) is 29.5 Å². The van der Waals surface area contributed by atoms with Gasteiger partial charge in [-0.1, -0.05) is 31.2 Å². The number of aliphatic hydroxyl groups excluding tert-OH is 1. The zero-order valence-electron chi connectivity index (χ0n) is 9.60. The molecule has 0 aliphatic heterocycles. The Balaban J connectivity index is 2.50. The number of benzene rings is 2. The molecule has 0 heterocycles. The van der Waals surface area contributed by atoms with E-state index in [0.29, 0.717) is 0 Å². The van der Waals surface area contributed by atoms with Crippen LogP contribution >= 0.6 is 0 Å². The van der Waals surface area contributed by atoms with Gasteiger partial charge in [0.2, 0.25) is 0 Å². The summed E-state index contributed by atoms with van der Waals surface area (Å²) in [5, 5.41) is 11.5. The van der Waals surface area contributed by atoms with Crippen molar-refractivity contribution >= 4 is 10.8 Å². The third kappa shape index (κ3) is 2.02. The number of hydrogen-bond acceptors (Lipinski definition) is 2. The summed E-state index contributed by atoms with van der Waals surface area (Å²) >= 11 is 0. The molecular weight excluding hydrogens is 200 g/mol. The van der Waals surface area contributed by atoms with Crippen LogP contribution in [0.3, 0.4) is 0 Å². The van der Waals surface area contributed by atoms with Crippen LogP contribution in [0, 0.1) is 0 Å². The normalized spacial score (nSPS) is 12.7. The molecule has 0 aliphatic rings. The first-order chi connectivity index (χ1) is 7.74. The van der Waals surface area contributed by atoms with Gasteiger partial charge in [-0.25, -0.2) is 0 Å². The van der Waals surface area contributed by atoms with E-state index in [1.807, 2.05) is 25.1 Å². The van der Waals surface area contributed by atoms with Gasteiger partial charge in [-0.3, -0.25) is 0 Å². The average Bonchev–Trinajstić information content (AvgIpc) is 2.36. The van der Waals surface area contributed by atoms with Crippen molar-refractivity contribution in [1.82, 2.24) is 0 Å². The van der Waals surface area contributed by atoms with Gasteiger partial charge in [-0.15, -0.1) is 0 Å². The second kappa shape index (κ2) is 4.54. The van der Waals surface area contributed by atoms with Crippen molar-refractivity contribution in [3.8, 4) is 5.75 Å². The lowest BCUT2D eigenvalue weighted by Crippen LogP contribution is -1.98. The summed E-state index contributed by atoms with van der Waals surface area (Å²) in [5.41, 5.74) is 1.16. The second-order valence-electron chi connectivity index (χ2n) is 4.06. The lowest BCUT2D eigenvalue weighted by molar-refractivity contribution is 0.273. The second-order valence-corrected chi connectivity index (χ2v) is 4.06. The molecule has 2 nitrogen and oxygen atoms in total. The van der Waals surface area contributed by atoms with Gasteiger partial charge in [-0.2, -0.15) is 0 Å². The van der Waals surface area contributed by atoms with Gasteiger partial charge in [0, 0.05) is 12.5 Å². The first-order valence-corrected chi connectivity index (χ1v) is 5.43. The third-order valence-electron chi connectivity index (χ3n) is 2.91. The van der Waals surface area contributed by atoms with E-state index in [4.69, 9.17) is 9.84 Å². The van der Waals surface area contributed by atoms with E-state index in [0.717, 1.165) is 16.7 Å². The number of fused-ring (bicyclic) bond motifs is 1. The Morgan fingerprint density at radius 3 is 2.56 bits per heavy atom. The van der Waals surface area contributed by atoms with Crippen molar-refractivity contribution < 1.29 is 9.84 Å². The van der Waals surface area contributed by atoms with Crippen LogP contribution in [0.4, 0.5) is 0 Å². The molecule has 0 aliphatic carbocycles. The molecule has 0 bridgehead atoms. The minimum atomic E-state index is 0.176. The van der Waals surface area contributed by atoms with Crippen LogP contribution in [0.25, 0.3) is 10.8 Å². The first-order valence-electron chi connectivity index (χ1n) is 5.43. The molecule has 2 rings (SSSR count). The molecule has 2 heteroatoms. The van der Waals surface area contributed by atoms with Crippen LogP contribution in [0.5, 0.6) is 5.75 Å². The van der Waals surface area contributed by atoms with Crippen LogP contribution in [0.1, 0.15) is 18.4 Å². The highest BCUT2D eigenvalue weighted by Crippen LogP contribution is 2.24. The van der Waals surface area contributed by atoms with Gasteiger partial charge < -0.3 is 9.84 Å². The SMILES string of the molecule is COc1ccc2ccc(C(C)CO)cc2c1. The molecule has 0 fully saturated rings. The van der Waals surface area contributed by atoms with E-state index in [2.05, 4.69) is 18.2 Å². The molecule has 84 valence electrons. The van der Waals surface area contributed by atoms with E-state index in [1.165, 1.54) is 5.39 Å². The molecule has 1 atom stereocenters. The Kier molecular flexibility index (Phi) is 3.11. The average molecular weight is 216 g/mol. The summed E-state index contributed by atoms with van der Waals surface area (Å²) in [7, 11) is 1.67. The highest BCUT2D eigenvalue weighted by atomic mass is 16.5. The van der Waals surface area contributed by atoms with E-state index in [1.54, 1.807) is 7.11 Å². The molecule has 0 spiro atoms. The number of methoxy groups -OCH3 is 1. The third-order valence-corrected chi connectivity index (χ3v) is 2.91. The minimum absolute atomic E-state index is 0.176. The van der Waals surface area contributed by atoms with E-state index in [9.17, 15) is 0 Å².